The fourth-order valence-corrected chi connectivity index (χ4v) is 19.5. The van der Waals surface area contributed by atoms with Gasteiger partial charge in [0.15, 0.2) is 0 Å². The van der Waals surface area contributed by atoms with Crippen LogP contribution in [0.4, 0.5) is 0 Å². The molecule has 0 unspecified atom stereocenters. The van der Waals surface area contributed by atoms with E-state index in [1.165, 1.54) is 6.68 Å². The summed E-state index contributed by atoms with van der Waals surface area (Å²) in [5.74, 6) is 0. The number of allylic oxidation sites excluding steroid dienone is 4. The van der Waals surface area contributed by atoms with Crippen molar-refractivity contribution in [3.8, 4) is 0 Å². The van der Waals surface area contributed by atoms with E-state index >= 15 is 0 Å². The van der Waals surface area contributed by atoms with Crippen molar-refractivity contribution < 1.29 is 13.8 Å². The Hall–Kier alpha value is 0.0931. The van der Waals surface area contributed by atoms with Crippen LogP contribution in [0, 0.1) is 0 Å². The second-order valence-corrected chi connectivity index (χ2v) is 60.5. The van der Waals surface area contributed by atoms with E-state index < -0.39 is 13.8 Å². The van der Waals surface area contributed by atoms with Crippen molar-refractivity contribution in [2.24, 2.45) is 0 Å². The van der Waals surface area contributed by atoms with E-state index in [2.05, 4.69) is 74.6 Å². The molecule has 1 heterocycles. The van der Waals surface area contributed by atoms with Crippen LogP contribution in [0.1, 0.15) is 27.2 Å². The van der Waals surface area contributed by atoms with E-state index in [4.69, 9.17) is 4.21 Å². The number of hydrogen-bond donors (Lipinski definition) is 1. The van der Waals surface area contributed by atoms with Crippen LogP contribution in [0.25, 0.3) is 0 Å². The summed E-state index contributed by atoms with van der Waals surface area (Å²) in [4.78, 5) is 3.57. The first-order valence-electron chi connectivity index (χ1n) is 7.81. The predicted molar refractivity (Wildman–Crippen MR) is 107 cm³/mol. The molecule has 1 aromatic heterocycles. The molecule has 0 spiro atoms. The molecule has 2 rings (SSSR count). The van der Waals surface area contributed by atoms with Crippen LogP contribution < -0.4 is 3.40 Å². The minimum atomic E-state index is -5.13. The predicted octanol–water partition coefficient (Wildman–Crippen LogP) is 6.47. The van der Waals surface area contributed by atoms with Gasteiger partial charge in [0, 0.05) is 0 Å². The van der Waals surface area contributed by atoms with Crippen molar-refractivity contribution in [1.29, 1.82) is 0 Å². The zero-order valence-electron chi connectivity index (χ0n) is 15.2. The van der Waals surface area contributed by atoms with Gasteiger partial charge in [0.25, 0.3) is 0 Å². The molecule has 0 aromatic carbocycles. The molecule has 4 heteroatoms. The number of aromatic amines is 1. The molecule has 0 atom stereocenters. The molecular weight excluding hydrogens is 392 g/mol. The van der Waals surface area contributed by atoms with Gasteiger partial charge in [0.1, 0.15) is 0 Å². The Morgan fingerprint density at radius 1 is 1.09 bits per heavy atom. The summed E-state index contributed by atoms with van der Waals surface area (Å²) in [5.41, 5.74) is 0. The Morgan fingerprint density at radius 2 is 1.64 bits per heavy atom. The number of hydrogen-bond acceptors (Lipinski definition) is 0. The monoisotopic (exact) mass is 424 g/mol. The van der Waals surface area contributed by atoms with E-state index in [-0.39, 0.29) is 27.9 Å². The van der Waals surface area contributed by atoms with Crippen LogP contribution in [0.3, 0.4) is 0 Å². The van der Waals surface area contributed by atoms with E-state index in [1.807, 2.05) is 6.20 Å². The maximum absolute atomic E-state index is 5.23. The molecule has 1 aliphatic rings. The summed E-state index contributed by atoms with van der Waals surface area (Å²) in [5, 5.41) is 0. The molecule has 0 amide bonds. The number of rotatable bonds is 2. The quantitative estimate of drug-likeness (QED) is 0.558. The maximum atomic E-state index is 5.23. The van der Waals surface area contributed by atoms with Gasteiger partial charge in [-0.3, -0.25) is 0 Å². The average Bonchev–Trinajstić information content (AvgIpc) is 2.90. The first-order chi connectivity index (χ1) is 8.49. The first kappa shape index (κ1) is 22.1. The standard InChI is InChI=1S/C5H5.C4H4N.C4H9.4CH3.CH2.2ClH.Zr/c2*1-2-4-5-3-1;1-4(2)3;;;;;;;;/h1-3H,4H2;1-3,5H;1-3H3;4*1H3;1H2;2*1H;. The third-order valence-electron chi connectivity index (χ3n) is 9.02. The molecule has 0 radical (unpaired) electrons. The van der Waals surface area contributed by atoms with Crippen molar-refractivity contribution >= 4 is 32.4 Å². The summed E-state index contributed by atoms with van der Waals surface area (Å²) in [6.07, 6.45) is 9.83. The van der Waals surface area contributed by atoms with Crippen molar-refractivity contribution in [2.45, 2.75) is 48.8 Å². The average molecular weight is 427 g/mol. The van der Waals surface area contributed by atoms with Crippen molar-refractivity contribution in [3.63, 3.8) is 0 Å². The van der Waals surface area contributed by atoms with Crippen LogP contribution in [0.2, 0.25) is 21.6 Å². The third kappa shape index (κ3) is 1.84. The van der Waals surface area contributed by atoms with Crippen LogP contribution in [0.15, 0.2) is 39.8 Å². The Kier molecular flexibility index (Phi) is 3.70. The number of nitrogens with one attached hydrogen (secondary N) is 1. The molecule has 129 valence electrons. The first-order valence-corrected chi connectivity index (χ1v) is 23.1. The van der Waals surface area contributed by atoms with Gasteiger partial charge in [-0.15, -0.1) is 24.8 Å². The van der Waals surface area contributed by atoms with E-state index in [9.17, 15) is 0 Å². The van der Waals surface area contributed by atoms with Crippen molar-refractivity contribution in [2.75, 3.05) is 0 Å². The molecular formula is C18H34Cl2NZr. The normalized spacial score (nSPS) is 22.0. The summed E-state index contributed by atoms with van der Waals surface area (Å²) in [7, 11) is 0. The van der Waals surface area contributed by atoms with E-state index in [0.717, 1.165) is 6.42 Å². The minimum absolute atomic E-state index is 0. The molecule has 0 aliphatic heterocycles. The van der Waals surface area contributed by atoms with Gasteiger partial charge in [-0.2, -0.15) is 0 Å². The van der Waals surface area contributed by atoms with Crippen molar-refractivity contribution in [1.82, 2.24) is 4.98 Å². The van der Waals surface area contributed by atoms with Gasteiger partial charge in [0.2, 0.25) is 0 Å². The number of halogens is 2. The van der Waals surface area contributed by atoms with Gasteiger partial charge in [0.05, 0.1) is 0 Å². The molecule has 1 aromatic rings. The molecule has 1 nitrogen and oxygen atoms in total. The van der Waals surface area contributed by atoms with Gasteiger partial charge in [-0.25, -0.2) is 0 Å². The van der Waals surface area contributed by atoms with Crippen LogP contribution >= 0.6 is 24.8 Å². The van der Waals surface area contributed by atoms with Crippen LogP contribution in [-0.2, 0) is 13.8 Å². The molecule has 22 heavy (non-hydrogen) atoms. The van der Waals surface area contributed by atoms with Gasteiger partial charge in [-0.05, 0) is 0 Å². The van der Waals surface area contributed by atoms with Crippen LogP contribution in [0.5, 0.6) is 0 Å². The second-order valence-electron chi connectivity index (χ2n) is 13.0. The molecule has 0 fully saturated rings. The molecule has 0 saturated heterocycles. The Labute approximate surface area is 139 Å². The Bertz CT molecular complexity index is 797. The number of aromatic nitrogens is 1. The molecule has 0 saturated carbocycles. The molecule has 1 N–H and O–H groups in total. The fraction of sp³-hybridized carbons (Fsp3) is 0.500. The third-order valence-corrected chi connectivity index (χ3v) is 48.3. The summed E-state index contributed by atoms with van der Waals surface area (Å²) >= 11 is -5.13. The second kappa shape index (κ2) is 3.68. The summed E-state index contributed by atoms with van der Waals surface area (Å²) in [6.45, 7) is 7.10. The van der Waals surface area contributed by atoms with Gasteiger partial charge < -0.3 is 0 Å². The van der Waals surface area contributed by atoms with Crippen molar-refractivity contribution in [3.05, 3.63) is 39.8 Å². The van der Waals surface area contributed by atoms with E-state index in [0.29, 0.717) is 0 Å². The topological polar surface area (TPSA) is 15.8 Å². The van der Waals surface area contributed by atoms with Crippen LogP contribution in [-0.4, -0.2) is 9.20 Å². The SMILES string of the molecule is Cl.Cl.[CH2]=[Zr]([CH3])([CH3])([CH3])([CH3])([C]1=CC=CC1)([c]1ccc[nH]1)[C](C)(C)C. The molecule has 0 bridgehead atoms. The zero-order valence-corrected chi connectivity index (χ0v) is 19.3. The fourth-order valence-electron chi connectivity index (χ4n) is 3.78. The number of H-pyrrole nitrogens is 1. The molecule has 1 aliphatic carbocycles. The summed E-state index contributed by atoms with van der Waals surface area (Å²) < 4.78 is 18.1. The van der Waals surface area contributed by atoms with Gasteiger partial charge >= 0.3 is 115 Å². The van der Waals surface area contributed by atoms with E-state index in [1.54, 1.807) is 0 Å². The zero-order chi connectivity index (χ0) is 15.7. The van der Waals surface area contributed by atoms with Gasteiger partial charge in [-0.1, -0.05) is 0 Å². The Balaban J connectivity index is 0.00000220. The Morgan fingerprint density at radius 3 is 1.95 bits per heavy atom. The summed E-state index contributed by atoms with van der Waals surface area (Å²) in [6, 6.07) is 4.36.